The van der Waals surface area contributed by atoms with E-state index < -0.39 is 0 Å². The van der Waals surface area contributed by atoms with E-state index >= 15 is 0 Å². The minimum atomic E-state index is -0.132. The van der Waals surface area contributed by atoms with E-state index in [4.69, 9.17) is 16.3 Å². The van der Waals surface area contributed by atoms with Gasteiger partial charge in [0.15, 0.2) is 0 Å². The molecular weight excluding hydrogens is 322 g/mol. The number of hydrogen-bond acceptors (Lipinski definition) is 1. The van der Waals surface area contributed by atoms with E-state index in [-0.39, 0.29) is 5.60 Å². The number of ether oxygens (including phenoxy) is 1. The highest BCUT2D eigenvalue weighted by molar-refractivity contribution is 14.1. The molecule has 90 valence electrons. The molecule has 0 saturated heterocycles. The van der Waals surface area contributed by atoms with Gasteiger partial charge in [0.25, 0.3) is 0 Å². The van der Waals surface area contributed by atoms with Crippen molar-refractivity contribution in [2.24, 2.45) is 11.8 Å². The summed E-state index contributed by atoms with van der Waals surface area (Å²) in [6.45, 7) is 6.80. The number of rotatable bonds is 4. The van der Waals surface area contributed by atoms with Crippen molar-refractivity contribution in [1.82, 2.24) is 0 Å². The third-order valence-electron chi connectivity index (χ3n) is 3.57. The van der Waals surface area contributed by atoms with E-state index in [0.717, 1.165) is 16.3 Å². The molecule has 0 bridgehead atoms. The molecule has 4 unspecified atom stereocenters. The smallest absolute Gasteiger partial charge is 0.0881 e. The number of hydrogen-bond donors (Lipinski definition) is 0. The van der Waals surface area contributed by atoms with Crippen molar-refractivity contribution in [2.45, 2.75) is 51.7 Å². The van der Waals surface area contributed by atoms with Gasteiger partial charge < -0.3 is 4.74 Å². The van der Waals surface area contributed by atoms with Crippen molar-refractivity contribution in [3.05, 3.63) is 0 Å². The summed E-state index contributed by atoms with van der Waals surface area (Å²) in [4.78, 5) is 0. The van der Waals surface area contributed by atoms with Crippen molar-refractivity contribution >= 4 is 34.2 Å². The van der Waals surface area contributed by atoms with Crippen LogP contribution in [-0.2, 0) is 4.74 Å². The highest BCUT2D eigenvalue weighted by atomic mass is 127. The van der Waals surface area contributed by atoms with Crippen LogP contribution in [-0.4, -0.2) is 22.0 Å². The Hall–Kier alpha value is 0.980. The average molecular weight is 345 g/mol. The third-order valence-corrected chi connectivity index (χ3v) is 5.75. The zero-order valence-electron chi connectivity index (χ0n) is 9.93. The second kappa shape index (κ2) is 6.06. The lowest BCUT2D eigenvalue weighted by Gasteiger charge is -2.37. The monoisotopic (exact) mass is 344 g/mol. The van der Waals surface area contributed by atoms with Crippen LogP contribution in [0.3, 0.4) is 0 Å². The molecule has 0 N–H and O–H groups in total. The van der Waals surface area contributed by atoms with E-state index in [1.165, 1.54) is 19.3 Å². The van der Waals surface area contributed by atoms with Crippen molar-refractivity contribution in [2.75, 3.05) is 10.3 Å². The van der Waals surface area contributed by atoms with Crippen molar-refractivity contribution < 1.29 is 4.74 Å². The molecule has 0 spiro atoms. The first-order valence-electron chi connectivity index (χ1n) is 5.80. The quantitative estimate of drug-likeness (QED) is 0.547. The molecule has 4 atom stereocenters. The van der Waals surface area contributed by atoms with Crippen molar-refractivity contribution in [3.8, 4) is 0 Å². The van der Waals surface area contributed by atoms with Gasteiger partial charge in [-0.15, -0.1) is 11.6 Å². The maximum absolute atomic E-state index is 6.16. The Kier molecular flexibility index (Phi) is 5.67. The SMILES string of the molecule is CC1CCC(OC(C)(CCl)CI)CC1C. The predicted octanol–water partition coefficient (Wildman–Crippen LogP) is 4.26. The van der Waals surface area contributed by atoms with Gasteiger partial charge in [-0.25, -0.2) is 0 Å². The van der Waals surface area contributed by atoms with Crippen LogP contribution in [0.2, 0.25) is 0 Å². The molecule has 3 heteroatoms. The summed E-state index contributed by atoms with van der Waals surface area (Å²) in [6.07, 6.45) is 4.12. The summed E-state index contributed by atoms with van der Waals surface area (Å²) in [7, 11) is 0. The van der Waals surface area contributed by atoms with Gasteiger partial charge >= 0.3 is 0 Å². The fraction of sp³-hybridized carbons (Fsp3) is 1.00. The molecule has 0 aromatic carbocycles. The molecule has 1 fully saturated rings. The lowest BCUT2D eigenvalue weighted by atomic mass is 9.80. The normalized spacial score (nSPS) is 36.2. The van der Waals surface area contributed by atoms with E-state index in [9.17, 15) is 0 Å². The van der Waals surface area contributed by atoms with Gasteiger partial charge in [-0.2, -0.15) is 0 Å². The molecular formula is C12H22ClIO. The van der Waals surface area contributed by atoms with Crippen LogP contribution in [0.25, 0.3) is 0 Å². The Bertz CT molecular complexity index is 194. The van der Waals surface area contributed by atoms with Crippen LogP contribution in [0.1, 0.15) is 40.0 Å². The lowest BCUT2D eigenvalue weighted by molar-refractivity contribution is -0.0803. The summed E-state index contributed by atoms with van der Waals surface area (Å²) in [5.41, 5.74) is -0.132. The average Bonchev–Trinajstić information content (AvgIpc) is 2.23. The predicted molar refractivity (Wildman–Crippen MR) is 75.1 cm³/mol. The summed E-state index contributed by atoms with van der Waals surface area (Å²) in [6, 6.07) is 0. The van der Waals surface area contributed by atoms with Crippen LogP contribution in [0, 0.1) is 11.8 Å². The second-order valence-electron chi connectivity index (χ2n) is 5.22. The van der Waals surface area contributed by atoms with Gasteiger partial charge in [0.1, 0.15) is 0 Å². The minimum absolute atomic E-state index is 0.132. The zero-order chi connectivity index (χ0) is 11.5. The first-order valence-corrected chi connectivity index (χ1v) is 7.86. The van der Waals surface area contributed by atoms with Gasteiger partial charge in [-0.3, -0.25) is 0 Å². The molecule has 0 aromatic rings. The van der Waals surface area contributed by atoms with Gasteiger partial charge in [0, 0.05) is 4.43 Å². The highest BCUT2D eigenvalue weighted by Gasteiger charge is 2.31. The van der Waals surface area contributed by atoms with E-state index in [1.54, 1.807) is 0 Å². The standard InChI is InChI=1S/C12H22ClIO/c1-9-4-5-11(6-10(9)2)15-12(3,7-13)8-14/h9-11H,4-8H2,1-3H3. The maximum Gasteiger partial charge on any atom is 0.0881 e. The topological polar surface area (TPSA) is 9.23 Å². The van der Waals surface area contributed by atoms with Crippen LogP contribution < -0.4 is 0 Å². The Balaban J connectivity index is 2.45. The molecule has 1 aliphatic rings. The molecule has 1 rings (SSSR count). The molecule has 0 amide bonds. The van der Waals surface area contributed by atoms with Crippen LogP contribution >= 0.6 is 34.2 Å². The highest BCUT2D eigenvalue weighted by Crippen LogP contribution is 2.33. The Morgan fingerprint density at radius 1 is 1.33 bits per heavy atom. The third kappa shape index (κ3) is 4.04. The van der Waals surface area contributed by atoms with Crippen molar-refractivity contribution in [1.29, 1.82) is 0 Å². The minimum Gasteiger partial charge on any atom is -0.370 e. The molecule has 0 aromatic heterocycles. The number of halogens is 2. The summed E-state index contributed by atoms with van der Waals surface area (Å²) in [5, 5.41) is 0. The molecule has 1 nitrogen and oxygen atoms in total. The van der Waals surface area contributed by atoms with Gasteiger partial charge in [0.2, 0.25) is 0 Å². The van der Waals surface area contributed by atoms with E-state index in [2.05, 4.69) is 43.4 Å². The molecule has 1 saturated carbocycles. The van der Waals surface area contributed by atoms with Crippen LogP contribution in [0.4, 0.5) is 0 Å². The van der Waals surface area contributed by atoms with Gasteiger partial charge in [0.05, 0.1) is 17.6 Å². The summed E-state index contributed by atoms with van der Waals surface area (Å²) >= 11 is 8.33. The Morgan fingerprint density at radius 3 is 2.47 bits per heavy atom. The maximum atomic E-state index is 6.16. The molecule has 15 heavy (non-hydrogen) atoms. The Morgan fingerprint density at radius 2 is 2.00 bits per heavy atom. The number of alkyl halides is 2. The Labute approximate surface area is 112 Å². The first-order chi connectivity index (χ1) is 7.00. The fourth-order valence-corrected chi connectivity index (χ4v) is 3.03. The second-order valence-corrected chi connectivity index (χ2v) is 6.25. The van der Waals surface area contributed by atoms with E-state index in [1.807, 2.05) is 0 Å². The summed E-state index contributed by atoms with van der Waals surface area (Å²) < 4.78 is 7.12. The van der Waals surface area contributed by atoms with Crippen LogP contribution in [0.15, 0.2) is 0 Å². The van der Waals surface area contributed by atoms with Gasteiger partial charge in [-0.05, 0) is 38.0 Å². The summed E-state index contributed by atoms with van der Waals surface area (Å²) in [5.74, 6) is 2.24. The fourth-order valence-electron chi connectivity index (χ4n) is 2.11. The van der Waals surface area contributed by atoms with Crippen molar-refractivity contribution in [3.63, 3.8) is 0 Å². The molecule has 0 aliphatic heterocycles. The van der Waals surface area contributed by atoms with E-state index in [0.29, 0.717) is 12.0 Å². The molecule has 0 radical (unpaired) electrons. The van der Waals surface area contributed by atoms with Gasteiger partial charge in [-0.1, -0.05) is 36.4 Å². The first kappa shape index (κ1) is 14.0. The molecule has 1 aliphatic carbocycles. The largest absolute Gasteiger partial charge is 0.370 e. The molecule has 0 heterocycles. The van der Waals surface area contributed by atoms with Crippen LogP contribution in [0.5, 0.6) is 0 Å². The lowest BCUT2D eigenvalue weighted by Crippen LogP contribution is -2.40. The zero-order valence-corrected chi connectivity index (χ0v) is 12.8.